The smallest absolute Gasteiger partial charge is 0.220 e. The third-order valence-electron chi connectivity index (χ3n) is 2.23. The molecule has 0 heterocycles. The average molecular weight is 216 g/mol. The summed E-state index contributed by atoms with van der Waals surface area (Å²) in [5.74, 6) is 5.73. The van der Waals surface area contributed by atoms with Gasteiger partial charge in [0.25, 0.3) is 0 Å². The normalized spacial score (nSPS) is 12.9. The van der Waals surface area contributed by atoms with Gasteiger partial charge in [0, 0.05) is 25.6 Å². The number of hydrogen-bond acceptors (Lipinski definition) is 4. The van der Waals surface area contributed by atoms with Gasteiger partial charge in [0.1, 0.15) is 0 Å². The first kappa shape index (κ1) is 14.3. The molecule has 0 spiro atoms. The van der Waals surface area contributed by atoms with Crippen LogP contribution in [0.2, 0.25) is 0 Å². The van der Waals surface area contributed by atoms with Crippen molar-refractivity contribution in [3.05, 3.63) is 0 Å². The van der Waals surface area contributed by atoms with E-state index in [1.165, 1.54) is 0 Å². The van der Waals surface area contributed by atoms with E-state index >= 15 is 0 Å². The van der Waals surface area contributed by atoms with Gasteiger partial charge >= 0.3 is 0 Å². The third kappa shape index (κ3) is 8.35. The van der Waals surface area contributed by atoms with Gasteiger partial charge in [-0.05, 0) is 20.3 Å². The molecule has 0 radical (unpaired) electrons. The number of carbonyl (C=O) groups is 1. The highest BCUT2D eigenvalue weighted by Crippen LogP contribution is 1.95. The molecule has 0 aliphatic rings. The molecule has 0 aromatic heterocycles. The van der Waals surface area contributed by atoms with Gasteiger partial charge in [-0.2, -0.15) is 0 Å². The van der Waals surface area contributed by atoms with Gasteiger partial charge in [-0.15, -0.1) is 0 Å². The average Bonchev–Trinajstić information content (AvgIpc) is 2.23. The summed E-state index contributed by atoms with van der Waals surface area (Å²) < 4.78 is 0. The molecule has 1 atom stereocenters. The van der Waals surface area contributed by atoms with E-state index in [0.717, 1.165) is 13.0 Å². The lowest BCUT2D eigenvalue weighted by Crippen LogP contribution is -2.42. The predicted molar refractivity (Wildman–Crippen MR) is 61.9 cm³/mol. The van der Waals surface area contributed by atoms with E-state index in [2.05, 4.69) is 17.6 Å². The molecule has 0 rings (SSSR count). The molecule has 1 amide bonds. The zero-order chi connectivity index (χ0) is 11.7. The number of carbonyl (C=O) groups excluding carboxylic acids is 1. The second-order valence-electron chi connectivity index (χ2n) is 3.66. The van der Waals surface area contributed by atoms with Crippen LogP contribution >= 0.6 is 0 Å². The van der Waals surface area contributed by atoms with Crippen LogP contribution in [0.5, 0.6) is 0 Å². The van der Waals surface area contributed by atoms with Gasteiger partial charge in [0.15, 0.2) is 0 Å². The fourth-order valence-corrected chi connectivity index (χ4v) is 1.12. The Kier molecular flexibility index (Phi) is 8.27. The van der Waals surface area contributed by atoms with E-state index in [9.17, 15) is 4.79 Å². The Morgan fingerprint density at radius 3 is 2.67 bits per heavy atom. The Labute approximate surface area is 92.4 Å². The van der Waals surface area contributed by atoms with Gasteiger partial charge in [-0.1, -0.05) is 6.92 Å². The van der Waals surface area contributed by atoms with E-state index in [-0.39, 0.29) is 5.91 Å². The Balaban J connectivity index is 3.48. The SMILES string of the molecule is CCNC(=O)CCC(C)NCN(N)CC. The van der Waals surface area contributed by atoms with Crippen LogP contribution < -0.4 is 16.5 Å². The van der Waals surface area contributed by atoms with Crippen molar-refractivity contribution in [2.45, 2.75) is 39.7 Å². The van der Waals surface area contributed by atoms with Crippen LogP contribution in [0.1, 0.15) is 33.6 Å². The van der Waals surface area contributed by atoms with Gasteiger partial charge in [-0.25, -0.2) is 5.01 Å². The van der Waals surface area contributed by atoms with Gasteiger partial charge in [0.05, 0.1) is 6.67 Å². The lowest BCUT2D eigenvalue weighted by Gasteiger charge is -2.18. The van der Waals surface area contributed by atoms with Crippen LogP contribution in [0.15, 0.2) is 0 Å². The zero-order valence-electron chi connectivity index (χ0n) is 10.0. The number of hydrogen-bond donors (Lipinski definition) is 3. The Morgan fingerprint density at radius 1 is 1.47 bits per heavy atom. The van der Waals surface area contributed by atoms with Crippen molar-refractivity contribution in [3.8, 4) is 0 Å². The van der Waals surface area contributed by atoms with Crippen molar-refractivity contribution in [1.82, 2.24) is 15.6 Å². The second-order valence-corrected chi connectivity index (χ2v) is 3.66. The minimum Gasteiger partial charge on any atom is -0.356 e. The summed E-state index contributed by atoms with van der Waals surface area (Å²) in [6.45, 7) is 8.16. The molecule has 0 aliphatic carbocycles. The maximum atomic E-state index is 11.2. The molecule has 0 aliphatic heterocycles. The van der Waals surface area contributed by atoms with Crippen LogP contribution in [0.25, 0.3) is 0 Å². The molecule has 5 heteroatoms. The van der Waals surface area contributed by atoms with E-state index < -0.39 is 0 Å². The molecule has 15 heavy (non-hydrogen) atoms. The van der Waals surface area contributed by atoms with E-state index in [1.54, 1.807) is 5.01 Å². The highest BCUT2D eigenvalue weighted by molar-refractivity contribution is 5.75. The fraction of sp³-hybridized carbons (Fsp3) is 0.900. The molecule has 90 valence electrons. The van der Waals surface area contributed by atoms with Gasteiger partial charge in [-0.3, -0.25) is 10.6 Å². The lowest BCUT2D eigenvalue weighted by atomic mass is 10.2. The first-order chi connectivity index (χ1) is 7.10. The summed E-state index contributed by atoms with van der Waals surface area (Å²) in [4.78, 5) is 11.2. The molecule has 1 unspecified atom stereocenters. The van der Waals surface area contributed by atoms with E-state index in [4.69, 9.17) is 5.84 Å². The van der Waals surface area contributed by atoms with Gasteiger partial charge < -0.3 is 10.6 Å². The quantitative estimate of drug-likeness (QED) is 0.304. The minimum absolute atomic E-state index is 0.117. The maximum absolute atomic E-state index is 11.2. The standard InChI is InChI=1S/C10H24N4O/c1-4-12-10(15)7-6-9(3)13-8-14(11)5-2/h9,13H,4-8,11H2,1-3H3,(H,12,15). The monoisotopic (exact) mass is 216 g/mol. The first-order valence-corrected chi connectivity index (χ1v) is 5.59. The number of nitrogens with two attached hydrogens (primary N) is 1. The van der Waals surface area contributed by atoms with Crippen LogP contribution in [-0.4, -0.2) is 36.7 Å². The summed E-state index contributed by atoms with van der Waals surface area (Å²) >= 11 is 0. The van der Waals surface area contributed by atoms with E-state index in [0.29, 0.717) is 25.7 Å². The molecule has 5 nitrogen and oxygen atoms in total. The summed E-state index contributed by atoms with van der Waals surface area (Å²) in [6.07, 6.45) is 1.40. The number of rotatable bonds is 8. The van der Waals surface area contributed by atoms with Crippen molar-refractivity contribution < 1.29 is 4.79 Å². The number of nitrogens with one attached hydrogen (secondary N) is 2. The molecule has 0 aromatic carbocycles. The number of amides is 1. The Bertz CT molecular complexity index is 175. The summed E-state index contributed by atoms with van der Waals surface area (Å²) in [5, 5.41) is 7.72. The molecule has 0 aromatic rings. The molecule has 0 saturated carbocycles. The third-order valence-corrected chi connectivity index (χ3v) is 2.23. The van der Waals surface area contributed by atoms with Crippen LogP contribution in [-0.2, 0) is 4.79 Å². The molecular formula is C10H24N4O. The molecule has 0 saturated heterocycles. The fourth-order valence-electron chi connectivity index (χ4n) is 1.12. The van der Waals surface area contributed by atoms with Crippen molar-refractivity contribution >= 4 is 5.91 Å². The summed E-state index contributed by atoms with van der Waals surface area (Å²) in [6, 6.07) is 0.310. The van der Waals surface area contributed by atoms with Crippen molar-refractivity contribution in [2.75, 3.05) is 19.8 Å². The van der Waals surface area contributed by atoms with Crippen LogP contribution in [0.3, 0.4) is 0 Å². The lowest BCUT2D eigenvalue weighted by molar-refractivity contribution is -0.121. The second kappa shape index (κ2) is 8.64. The number of nitrogens with zero attached hydrogens (tertiary/aromatic N) is 1. The zero-order valence-corrected chi connectivity index (χ0v) is 10.0. The Morgan fingerprint density at radius 2 is 2.13 bits per heavy atom. The maximum Gasteiger partial charge on any atom is 0.220 e. The molecule has 0 bridgehead atoms. The highest BCUT2D eigenvalue weighted by Gasteiger charge is 2.05. The van der Waals surface area contributed by atoms with Crippen LogP contribution in [0.4, 0.5) is 0 Å². The van der Waals surface area contributed by atoms with Crippen molar-refractivity contribution in [2.24, 2.45) is 5.84 Å². The molecule has 4 N–H and O–H groups in total. The topological polar surface area (TPSA) is 70.4 Å². The van der Waals surface area contributed by atoms with Crippen molar-refractivity contribution in [1.29, 1.82) is 0 Å². The largest absolute Gasteiger partial charge is 0.356 e. The predicted octanol–water partition coefficient (Wildman–Crippen LogP) is 0.0339. The molecule has 0 fully saturated rings. The summed E-state index contributed by atoms with van der Waals surface area (Å²) in [5.41, 5.74) is 0. The van der Waals surface area contributed by atoms with Gasteiger partial charge in [0.2, 0.25) is 5.91 Å². The minimum atomic E-state index is 0.117. The number of hydrazine groups is 1. The highest BCUT2D eigenvalue weighted by atomic mass is 16.1. The van der Waals surface area contributed by atoms with Crippen molar-refractivity contribution in [3.63, 3.8) is 0 Å². The molecular weight excluding hydrogens is 192 g/mol. The van der Waals surface area contributed by atoms with E-state index in [1.807, 2.05) is 13.8 Å². The summed E-state index contributed by atoms with van der Waals surface area (Å²) in [7, 11) is 0. The van der Waals surface area contributed by atoms with Crippen LogP contribution in [0, 0.1) is 0 Å². The first-order valence-electron chi connectivity index (χ1n) is 5.59. The Hall–Kier alpha value is -0.650.